The first kappa shape index (κ1) is 26.7. The van der Waals surface area contributed by atoms with E-state index in [-0.39, 0.29) is 0 Å². The van der Waals surface area contributed by atoms with Crippen LogP contribution >= 0.6 is 15.9 Å². The molecule has 0 spiro atoms. The Morgan fingerprint density at radius 2 is 1.46 bits per heavy atom. The molecule has 0 aromatic heterocycles. The molecule has 1 unspecified atom stereocenters. The monoisotopic (exact) mass is 549 g/mol. The molecule has 0 radical (unpaired) electrons. The molecule has 0 aliphatic heterocycles. The van der Waals surface area contributed by atoms with Gasteiger partial charge in [-0.25, -0.2) is 0 Å². The zero-order chi connectivity index (χ0) is 26.5. The topological polar surface area (TPSA) is 26.0 Å². The van der Waals surface area contributed by atoms with Gasteiger partial charge in [0.1, 0.15) is 0 Å². The van der Waals surface area contributed by atoms with E-state index in [4.69, 9.17) is 5.73 Å². The van der Waals surface area contributed by atoms with E-state index >= 15 is 0 Å². The molecule has 0 saturated heterocycles. The summed E-state index contributed by atoms with van der Waals surface area (Å²) in [7, 11) is 0. The highest BCUT2D eigenvalue weighted by molar-refractivity contribution is 9.10. The Kier molecular flexibility index (Phi) is 8.51. The van der Waals surface area contributed by atoms with Gasteiger partial charge in [-0.15, -0.1) is 0 Å². The maximum Gasteiger partial charge on any atom is 0.0331 e. The number of halogens is 1. The van der Waals surface area contributed by atoms with Crippen LogP contribution in [0.4, 0.5) is 5.69 Å². The van der Waals surface area contributed by atoms with E-state index in [9.17, 15) is 0 Å². The lowest BCUT2D eigenvalue weighted by Crippen LogP contribution is -2.04. The van der Waals surface area contributed by atoms with E-state index in [1.54, 1.807) is 0 Å². The van der Waals surface area contributed by atoms with Gasteiger partial charge in [0, 0.05) is 16.1 Å². The molecule has 1 aliphatic rings. The summed E-state index contributed by atoms with van der Waals surface area (Å²) in [4.78, 5) is 0. The van der Waals surface area contributed by atoms with Gasteiger partial charge in [-0.05, 0) is 104 Å². The minimum absolute atomic E-state index is 0.506. The van der Waals surface area contributed by atoms with Crippen LogP contribution < -0.4 is 5.73 Å². The summed E-state index contributed by atoms with van der Waals surface area (Å²) in [5, 5.41) is 0. The zero-order valence-corrected chi connectivity index (χ0v) is 24.1. The summed E-state index contributed by atoms with van der Waals surface area (Å²) in [6.07, 6.45) is 7.71. The molecule has 4 aromatic rings. The van der Waals surface area contributed by atoms with Crippen LogP contribution in [-0.4, -0.2) is 0 Å². The predicted molar refractivity (Wildman–Crippen MR) is 165 cm³/mol. The van der Waals surface area contributed by atoms with Crippen molar-refractivity contribution in [1.82, 2.24) is 0 Å². The summed E-state index contributed by atoms with van der Waals surface area (Å²) >= 11 is 3.52. The summed E-state index contributed by atoms with van der Waals surface area (Å²) in [5.41, 5.74) is 20.0. The quantitative estimate of drug-likeness (QED) is 0.252. The van der Waals surface area contributed by atoms with Crippen molar-refractivity contribution >= 4 is 21.6 Å². The number of aryl methyl sites for hydroxylation is 4. The molecule has 2 N–H and O–H groups in total. The molecular weight excluding hydrogens is 514 g/mol. The summed E-state index contributed by atoms with van der Waals surface area (Å²) in [5.74, 6) is 0.506. The number of nitrogen functional groups attached to an aromatic ring is 1. The molecule has 188 valence electrons. The number of allylic oxidation sites excluding steroid dienone is 4. The Balaban J connectivity index is 0.000000186. The molecule has 0 heterocycles. The fourth-order valence-corrected chi connectivity index (χ4v) is 5.55. The van der Waals surface area contributed by atoms with Gasteiger partial charge in [-0.1, -0.05) is 106 Å². The Bertz CT molecular complexity index is 1450. The number of hydrogen-bond acceptors (Lipinski definition) is 1. The van der Waals surface area contributed by atoms with Crippen molar-refractivity contribution in [2.24, 2.45) is 0 Å². The highest BCUT2D eigenvalue weighted by Gasteiger charge is 2.16. The van der Waals surface area contributed by atoms with Crippen molar-refractivity contribution in [1.29, 1.82) is 0 Å². The maximum absolute atomic E-state index is 5.95. The van der Waals surface area contributed by atoms with Gasteiger partial charge in [0.15, 0.2) is 0 Å². The lowest BCUT2D eigenvalue weighted by molar-refractivity contribution is 0.791. The second-order valence-corrected chi connectivity index (χ2v) is 11.0. The van der Waals surface area contributed by atoms with Crippen molar-refractivity contribution in [2.75, 3.05) is 5.73 Å². The molecule has 2 heteroatoms. The van der Waals surface area contributed by atoms with Crippen LogP contribution in [0.25, 0.3) is 22.3 Å². The van der Waals surface area contributed by atoms with Crippen LogP contribution in [0.2, 0.25) is 0 Å². The van der Waals surface area contributed by atoms with Crippen LogP contribution in [0.3, 0.4) is 0 Å². The summed E-state index contributed by atoms with van der Waals surface area (Å²) in [6, 6.07) is 28.0. The zero-order valence-electron chi connectivity index (χ0n) is 22.5. The molecule has 1 aliphatic carbocycles. The van der Waals surface area contributed by atoms with Gasteiger partial charge in [0.2, 0.25) is 0 Å². The van der Waals surface area contributed by atoms with E-state index in [0.717, 1.165) is 22.1 Å². The van der Waals surface area contributed by atoms with Crippen molar-refractivity contribution in [3.05, 3.63) is 135 Å². The van der Waals surface area contributed by atoms with Gasteiger partial charge in [-0.3, -0.25) is 0 Å². The standard InChI is InChI=1S/C20H20BrN.C15H16/c1-13-5-3-4-6-19(13)20-8-7-15(9-14(20)2)16-10-17(21)12-18(22)11-16;1-11-8-9-13(3)15(10-11)14-7-5-4-6-12(14)2/h3-5,7-12,19H,6,22H2,1-2H3;4-10H,1-3H3. The van der Waals surface area contributed by atoms with Gasteiger partial charge < -0.3 is 5.73 Å². The van der Waals surface area contributed by atoms with E-state index in [2.05, 4.69) is 136 Å². The third-order valence-corrected chi connectivity index (χ3v) is 7.60. The molecule has 5 rings (SSSR count). The highest BCUT2D eigenvalue weighted by Crippen LogP contribution is 2.35. The van der Waals surface area contributed by atoms with Crippen molar-refractivity contribution in [3.8, 4) is 22.3 Å². The van der Waals surface area contributed by atoms with Gasteiger partial charge in [-0.2, -0.15) is 0 Å². The number of benzene rings is 4. The number of hydrogen-bond donors (Lipinski definition) is 1. The Hall–Kier alpha value is -3.36. The lowest BCUT2D eigenvalue weighted by atomic mass is 9.83. The third kappa shape index (κ3) is 6.50. The van der Waals surface area contributed by atoms with Crippen LogP contribution in [0.5, 0.6) is 0 Å². The van der Waals surface area contributed by atoms with Crippen LogP contribution in [-0.2, 0) is 0 Å². The second-order valence-electron chi connectivity index (χ2n) is 10.1. The van der Waals surface area contributed by atoms with Crippen molar-refractivity contribution in [2.45, 2.75) is 47.0 Å². The van der Waals surface area contributed by atoms with E-state index in [1.165, 1.54) is 50.1 Å². The van der Waals surface area contributed by atoms with E-state index < -0.39 is 0 Å². The average molecular weight is 551 g/mol. The first-order chi connectivity index (χ1) is 17.7. The van der Waals surface area contributed by atoms with Crippen LogP contribution in [0, 0.1) is 27.7 Å². The number of rotatable bonds is 3. The normalized spacial score (nSPS) is 14.5. The average Bonchev–Trinajstić information content (AvgIpc) is 2.86. The van der Waals surface area contributed by atoms with E-state index in [0.29, 0.717) is 5.92 Å². The third-order valence-electron chi connectivity index (χ3n) is 7.14. The molecule has 0 bridgehead atoms. The smallest absolute Gasteiger partial charge is 0.0331 e. The maximum atomic E-state index is 5.95. The number of anilines is 1. The molecular formula is C35H36BrN. The SMILES string of the molecule is CC1=CC=CCC1c1ccc(-c2cc(N)cc(Br)c2)cc1C.Cc1ccc(C)c(-c2ccccc2C)c1. The van der Waals surface area contributed by atoms with Crippen LogP contribution in [0.1, 0.15) is 47.1 Å². The second kappa shape index (κ2) is 11.8. The minimum atomic E-state index is 0.506. The largest absolute Gasteiger partial charge is 0.399 e. The Morgan fingerprint density at radius 3 is 2.16 bits per heavy atom. The number of nitrogens with two attached hydrogens (primary N) is 1. The molecule has 1 nitrogen and oxygen atoms in total. The molecule has 4 aromatic carbocycles. The first-order valence-electron chi connectivity index (χ1n) is 12.9. The fraction of sp³-hybridized carbons (Fsp3) is 0.200. The molecule has 0 fully saturated rings. The van der Waals surface area contributed by atoms with Gasteiger partial charge in [0.05, 0.1) is 0 Å². The van der Waals surface area contributed by atoms with Gasteiger partial charge in [0.25, 0.3) is 0 Å². The lowest BCUT2D eigenvalue weighted by Gasteiger charge is -2.22. The highest BCUT2D eigenvalue weighted by atomic mass is 79.9. The molecule has 1 atom stereocenters. The Morgan fingerprint density at radius 1 is 0.703 bits per heavy atom. The van der Waals surface area contributed by atoms with Crippen molar-refractivity contribution < 1.29 is 0 Å². The predicted octanol–water partition coefficient (Wildman–Crippen LogP) is 10.3. The minimum Gasteiger partial charge on any atom is -0.399 e. The molecule has 37 heavy (non-hydrogen) atoms. The fourth-order valence-electron chi connectivity index (χ4n) is 5.04. The Labute approximate surface area is 230 Å². The van der Waals surface area contributed by atoms with Gasteiger partial charge >= 0.3 is 0 Å². The van der Waals surface area contributed by atoms with Crippen LogP contribution in [0.15, 0.2) is 107 Å². The summed E-state index contributed by atoms with van der Waals surface area (Å²) < 4.78 is 1.01. The van der Waals surface area contributed by atoms with E-state index in [1.807, 2.05) is 12.1 Å². The molecule has 0 saturated carbocycles. The summed E-state index contributed by atoms with van der Waals surface area (Å²) in [6.45, 7) is 10.9. The first-order valence-corrected chi connectivity index (χ1v) is 13.7. The molecule has 0 amide bonds. The van der Waals surface area contributed by atoms with Crippen molar-refractivity contribution in [3.63, 3.8) is 0 Å².